The van der Waals surface area contributed by atoms with E-state index in [4.69, 9.17) is 10.5 Å². The highest BCUT2D eigenvalue weighted by molar-refractivity contribution is 7.11. The maximum Gasteiger partial charge on any atom is 0.197 e. The van der Waals surface area contributed by atoms with Crippen LogP contribution in [0.15, 0.2) is 0 Å². The first-order valence-corrected chi connectivity index (χ1v) is 6.60. The summed E-state index contributed by atoms with van der Waals surface area (Å²) in [7, 11) is 0. The minimum Gasteiger partial charge on any atom is -0.484 e. The molecule has 1 aliphatic carbocycles. The van der Waals surface area contributed by atoms with E-state index in [1.165, 1.54) is 30.8 Å². The van der Waals surface area contributed by atoms with Crippen LogP contribution in [-0.2, 0) is 0 Å². The Morgan fingerprint density at radius 3 is 2.94 bits per heavy atom. The Kier molecular flexibility index (Phi) is 3.53. The summed E-state index contributed by atoms with van der Waals surface area (Å²) >= 11 is 1.38. The van der Waals surface area contributed by atoms with Gasteiger partial charge in [0.2, 0.25) is 0 Å². The third kappa shape index (κ3) is 3.01. The highest BCUT2D eigenvalue weighted by Gasteiger charge is 2.21. The van der Waals surface area contributed by atoms with Crippen molar-refractivity contribution >= 4 is 22.4 Å². The van der Waals surface area contributed by atoms with Crippen LogP contribution in [0.25, 0.3) is 0 Å². The Morgan fingerprint density at radius 2 is 2.31 bits per heavy atom. The minimum atomic E-state index is 0.127. The van der Waals surface area contributed by atoms with Crippen LogP contribution in [0.1, 0.15) is 33.1 Å². The van der Waals surface area contributed by atoms with Crippen LogP contribution >= 0.6 is 11.5 Å². The topological polar surface area (TPSA) is 60.2 Å². The molecule has 0 bridgehead atoms. The molecule has 1 aromatic heterocycles. The summed E-state index contributed by atoms with van der Waals surface area (Å²) in [5.74, 6) is 2.15. The Labute approximate surface area is 100 Å². The van der Waals surface area contributed by atoms with Gasteiger partial charge in [0.25, 0.3) is 0 Å². The maximum atomic E-state index is 5.77. The lowest BCUT2D eigenvalue weighted by molar-refractivity contribution is 0.245. The first-order chi connectivity index (χ1) is 7.66. The molecule has 0 radical (unpaired) electrons. The summed E-state index contributed by atoms with van der Waals surface area (Å²) in [5.41, 5.74) is 5.77. The summed E-state index contributed by atoms with van der Waals surface area (Å²) in [5, 5.41) is 4.33. The van der Waals surface area contributed by atoms with Gasteiger partial charge in [0.15, 0.2) is 16.6 Å². The first-order valence-electron chi connectivity index (χ1n) is 5.82. The Balaban J connectivity index is 1.90. The van der Waals surface area contributed by atoms with Gasteiger partial charge in [-0.1, -0.05) is 12.8 Å². The predicted molar refractivity (Wildman–Crippen MR) is 68.1 cm³/mol. The van der Waals surface area contributed by atoms with Crippen LogP contribution in [0.4, 0.5) is 10.8 Å². The normalized spacial score (nSPS) is 15.4. The van der Waals surface area contributed by atoms with E-state index in [-0.39, 0.29) is 6.10 Å². The number of nitrogens with one attached hydrogen (secondary N) is 1. The molecule has 5 heteroatoms. The Morgan fingerprint density at radius 1 is 1.56 bits per heavy atom. The number of nitrogens with two attached hydrogens (primary N) is 1. The average molecular weight is 241 g/mol. The molecule has 0 aliphatic heterocycles. The van der Waals surface area contributed by atoms with Crippen molar-refractivity contribution in [1.29, 1.82) is 0 Å². The van der Waals surface area contributed by atoms with Gasteiger partial charge < -0.3 is 15.8 Å². The summed E-state index contributed by atoms with van der Waals surface area (Å²) in [6.45, 7) is 4.97. The van der Waals surface area contributed by atoms with Crippen molar-refractivity contribution in [1.82, 2.24) is 4.37 Å². The van der Waals surface area contributed by atoms with Gasteiger partial charge in [-0.05, 0) is 37.7 Å². The molecule has 90 valence electrons. The van der Waals surface area contributed by atoms with Crippen molar-refractivity contribution in [3.8, 4) is 5.75 Å². The van der Waals surface area contributed by atoms with Gasteiger partial charge in [-0.2, -0.15) is 4.37 Å². The van der Waals surface area contributed by atoms with Crippen molar-refractivity contribution in [2.45, 2.75) is 39.2 Å². The van der Waals surface area contributed by atoms with E-state index >= 15 is 0 Å². The van der Waals surface area contributed by atoms with Crippen LogP contribution in [-0.4, -0.2) is 17.0 Å². The van der Waals surface area contributed by atoms with Crippen molar-refractivity contribution in [3.05, 3.63) is 0 Å². The third-order valence-electron chi connectivity index (χ3n) is 2.56. The lowest BCUT2D eigenvalue weighted by atomic mass is 10.3. The largest absolute Gasteiger partial charge is 0.484 e. The smallest absolute Gasteiger partial charge is 0.197 e. The molecule has 0 unspecified atom stereocenters. The van der Waals surface area contributed by atoms with E-state index in [0.717, 1.165) is 23.2 Å². The lowest BCUT2D eigenvalue weighted by Gasteiger charge is -2.11. The van der Waals surface area contributed by atoms with Gasteiger partial charge in [-0.25, -0.2) is 0 Å². The fraction of sp³-hybridized carbons (Fsp3) is 0.727. The second-order valence-electron chi connectivity index (χ2n) is 4.55. The van der Waals surface area contributed by atoms with E-state index in [0.29, 0.717) is 5.82 Å². The molecule has 1 aromatic rings. The number of anilines is 2. The number of nitrogen functional groups attached to an aromatic ring is 1. The summed E-state index contributed by atoms with van der Waals surface area (Å²) < 4.78 is 9.76. The molecule has 1 aliphatic rings. The van der Waals surface area contributed by atoms with E-state index < -0.39 is 0 Å². The minimum absolute atomic E-state index is 0.127. The lowest BCUT2D eigenvalue weighted by Crippen LogP contribution is -2.09. The molecular weight excluding hydrogens is 222 g/mol. The van der Waals surface area contributed by atoms with Crippen molar-refractivity contribution in [2.24, 2.45) is 5.92 Å². The molecule has 0 aromatic carbocycles. The van der Waals surface area contributed by atoms with E-state index in [9.17, 15) is 0 Å². The zero-order valence-electron chi connectivity index (χ0n) is 9.82. The van der Waals surface area contributed by atoms with E-state index in [2.05, 4.69) is 9.69 Å². The quantitative estimate of drug-likeness (QED) is 0.804. The molecular formula is C11H19N3OS. The second-order valence-corrected chi connectivity index (χ2v) is 5.32. The Hall–Kier alpha value is -0.970. The van der Waals surface area contributed by atoms with Gasteiger partial charge in [-0.3, -0.25) is 0 Å². The number of ether oxygens (including phenoxy) is 1. The molecule has 2 rings (SSSR count). The highest BCUT2D eigenvalue weighted by atomic mass is 32.1. The zero-order chi connectivity index (χ0) is 11.5. The van der Waals surface area contributed by atoms with Crippen molar-refractivity contribution in [3.63, 3.8) is 0 Å². The monoisotopic (exact) mass is 241 g/mol. The highest BCUT2D eigenvalue weighted by Crippen LogP contribution is 2.37. The van der Waals surface area contributed by atoms with Gasteiger partial charge in [0.05, 0.1) is 6.10 Å². The van der Waals surface area contributed by atoms with Crippen LogP contribution in [0.5, 0.6) is 5.75 Å². The second kappa shape index (κ2) is 4.91. The molecule has 1 heterocycles. The molecule has 3 N–H and O–H groups in total. The summed E-state index contributed by atoms with van der Waals surface area (Å²) in [4.78, 5) is 0. The van der Waals surface area contributed by atoms with Gasteiger partial charge >= 0.3 is 0 Å². The summed E-state index contributed by atoms with van der Waals surface area (Å²) in [6.07, 6.45) is 4.14. The number of nitrogens with zero attached hydrogens (tertiary/aromatic N) is 1. The van der Waals surface area contributed by atoms with E-state index in [1.807, 2.05) is 13.8 Å². The fourth-order valence-corrected chi connectivity index (χ4v) is 2.23. The zero-order valence-corrected chi connectivity index (χ0v) is 10.6. The molecule has 16 heavy (non-hydrogen) atoms. The Bertz CT molecular complexity index is 347. The van der Waals surface area contributed by atoms with Gasteiger partial charge in [-0.15, -0.1) is 0 Å². The van der Waals surface area contributed by atoms with E-state index in [1.54, 1.807) is 0 Å². The third-order valence-corrected chi connectivity index (χ3v) is 3.36. The first kappa shape index (κ1) is 11.5. The van der Waals surface area contributed by atoms with Gasteiger partial charge in [0.1, 0.15) is 0 Å². The number of hydrogen-bond donors (Lipinski definition) is 2. The molecule has 0 saturated heterocycles. The molecule has 0 spiro atoms. The molecule has 0 amide bonds. The van der Waals surface area contributed by atoms with Crippen molar-refractivity contribution in [2.75, 3.05) is 17.6 Å². The molecule has 0 atom stereocenters. The standard InChI is InChI=1S/C11H19N3OS/c1-7(2)15-9-10(12)14-16-11(9)13-6-5-8-3-4-8/h7-8,13H,3-6H2,1-2H3,(H2,12,14). The summed E-state index contributed by atoms with van der Waals surface area (Å²) in [6, 6.07) is 0. The number of hydrogen-bond acceptors (Lipinski definition) is 5. The predicted octanol–water partition coefficient (Wildman–Crippen LogP) is 2.72. The average Bonchev–Trinajstić information content (AvgIpc) is 2.97. The molecule has 4 nitrogen and oxygen atoms in total. The fourth-order valence-electron chi connectivity index (χ4n) is 1.55. The number of rotatable bonds is 6. The molecule has 1 saturated carbocycles. The van der Waals surface area contributed by atoms with Crippen LogP contribution in [0, 0.1) is 5.92 Å². The maximum absolute atomic E-state index is 5.77. The van der Waals surface area contributed by atoms with Crippen LogP contribution in [0.3, 0.4) is 0 Å². The van der Waals surface area contributed by atoms with Crippen molar-refractivity contribution < 1.29 is 4.74 Å². The van der Waals surface area contributed by atoms with Gasteiger partial charge in [0, 0.05) is 6.54 Å². The SMILES string of the molecule is CC(C)Oc1c(N)nsc1NCCC1CC1. The molecule has 1 fully saturated rings. The van der Waals surface area contributed by atoms with Crippen LogP contribution < -0.4 is 15.8 Å². The number of aromatic nitrogens is 1. The van der Waals surface area contributed by atoms with Crippen LogP contribution in [0.2, 0.25) is 0 Å².